The van der Waals surface area contributed by atoms with E-state index in [9.17, 15) is 4.79 Å². The van der Waals surface area contributed by atoms with Crippen molar-refractivity contribution in [1.82, 2.24) is 15.2 Å². The van der Waals surface area contributed by atoms with E-state index in [-0.39, 0.29) is 5.91 Å². The maximum Gasteiger partial charge on any atom is 0.223 e. The molecule has 0 radical (unpaired) electrons. The number of carbonyl (C=O) groups excluding carboxylic acids is 1. The van der Waals surface area contributed by atoms with Gasteiger partial charge in [0, 0.05) is 44.3 Å². The van der Waals surface area contributed by atoms with Crippen LogP contribution in [-0.4, -0.2) is 48.7 Å². The molecule has 0 fully saturated rings. The summed E-state index contributed by atoms with van der Waals surface area (Å²) < 4.78 is 0. The first kappa shape index (κ1) is 15.0. The fourth-order valence-corrected chi connectivity index (χ4v) is 2.26. The molecule has 0 unspecified atom stereocenters. The second-order valence-electron chi connectivity index (χ2n) is 4.04. The van der Waals surface area contributed by atoms with Crippen molar-refractivity contribution < 1.29 is 4.79 Å². The first-order valence-corrected chi connectivity index (χ1v) is 7.25. The Morgan fingerprint density at radius 1 is 1.50 bits per heavy atom. The summed E-state index contributed by atoms with van der Waals surface area (Å²) in [7, 11) is 3.74. The standard InChI is InChI=1S/C13H21N3OS/c1-14-8-9-16(2)13(17)6-10-18-11-12-5-3-4-7-15-12/h3-5,7,14H,6,8-11H2,1-2H3. The van der Waals surface area contributed by atoms with Gasteiger partial charge in [0.1, 0.15) is 0 Å². The average Bonchev–Trinajstić information content (AvgIpc) is 2.41. The van der Waals surface area contributed by atoms with Crippen molar-refractivity contribution in [1.29, 1.82) is 0 Å². The minimum absolute atomic E-state index is 0.207. The smallest absolute Gasteiger partial charge is 0.223 e. The predicted molar refractivity (Wildman–Crippen MR) is 76.6 cm³/mol. The zero-order valence-corrected chi connectivity index (χ0v) is 11.9. The van der Waals surface area contributed by atoms with E-state index >= 15 is 0 Å². The summed E-state index contributed by atoms with van der Waals surface area (Å²) in [6.07, 6.45) is 2.39. The molecule has 0 spiro atoms. The second-order valence-corrected chi connectivity index (χ2v) is 5.15. The summed E-state index contributed by atoms with van der Waals surface area (Å²) in [5.41, 5.74) is 1.07. The quantitative estimate of drug-likeness (QED) is 0.723. The number of rotatable bonds is 8. The highest BCUT2D eigenvalue weighted by atomic mass is 32.2. The molecule has 100 valence electrons. The van der Waals surface area contributed by atoms with Crippen LogP contribution < -0.4 is 5.32 Å². The van der Waals surface area contributed by atoms with Crippen LogP contribution in [0.2, 0.25) is 0 Å². The van der Waals surface area contributed by atoms with Crippen LogP contribution in [-0.2, 0) is 10.5 Å². The monoisotopic (exact) mass is 267 g/mol. The first-order valence-electron chi connectivity index (χ1n) is 6.10. The van der Waals surface area contributed by atoms with Crippen LogP contribution >= 0.6 is 11.8 Å². The van der Waals surface area contributed by atoms with Gasteiger partial charge in [-0.3, -0.25) is 9.78 Å². The van der Waals surface area contributed by atoms with Gasteiger partial charge in [0.15, 0.2) is 0 Å². The Morgan fingerprint density at radius 3 is 3.00 bits per heavy atom. The van der Waals surface area contributed by atoms with Gasteiger partial charge in [-0.1, -0.05) is 6.07 Å². The molecular weight excluding hydrogens is 246 g/mol. The fraction of sp³-hybridized carbons (Fsp3) is 0.538. The summed E-state index contributed by atoms with van der Waals surface area (Å²) in [5, 5.41) is 3.03. The predicted octanol–water partition coefficient (Wildman–Crippen LogP) is 1.38. The van der Waals surface area contributed by atoms with Gasteiger partial charge in [0.05, 0.1) is 5.69 Å². The highest BCUT2D eigenvalue weighted by Gasteiger charge is 2.07. The molecule has 0 aliphatic rings. The normalized spacial score (nSPS) is 10.3. The van der Waals surface area contributed by atoms with Gasteiger partial charge < -0.3 is 10.2 Å². The fourth-order valence-electron chi connectivity index (χ4n) is 1.41. The summed E-state index contributed by atoms with van der Waals surface area (Å²) in [4.78, 5) is 17.8. The Morgan fingerprint density at radius 2 is 2.33 bits per heavy atom. The number of nitrogens with zero attached hydrogens (tertiary/aromatic N) is 2. The number of pyridine rings is 1. The second kappa shape index (κ2) is 8.94. The highest BCUT2D eigenvalue weighted by molar-refractivity contribution is 7.98. The van der Waals surface area contributed by atoms with Gasteiger partial charge in [-0.2, -0.15) is 11.8 Å². The van der Waals surface area contributed by atoms with E-state index < -0.39 is 0 Å². The van der Waals surface area contributed by atoms with E-state index in [1.807, 2.05) is 32.3 Å². The van der Waals surface area contributed by atoms with Crippen molar-refractivity contribution in [2.45, 2.75) is 12.2 Å². The molecule has 0 bridgehead atoms. The Balaban J connectivity index is 2.12. The third-order valence-electron chi connectivity index (χ3n) is 2.56. The van der Waals surface area contributed by atoms with Crippen molar-refractivity contribution >= 4 is 17.7 Å². The number of hydrogen-bond acceptors (Lipinski definition) is 4. The number of hydrogen-bond donors (Lipinski definition) is 1. The summed E-state index contributed by atoms with van der Waals surface area (Å²) in [5.74, 6) is 1.92. The molecule has 1 aromatic heterocycles. The summed E-state index contributed by atoms with van der Waals surface area (Å²) in [6, 6.07) is 5.90. The molecule has 5 heteroatoms. The lowest BCUT2D eigenvalue weighted by Crippen LogP contribution is -2.32. The molecule has 0 aromatic carbocycles. The molecule has 1 amide bonds. The Hall–Kier alpha value is -1.07. The van der Waals surface area contributed by atoms with Crippen molar-refractivity contribution in [2.24, 2.45) is 0 Å². The van der Waals surface area contributed by atoms with Gasteiger partial charge in [0.2, 0.25) is 5.91 Å². The molecule has 0 aliphatic heterocycles. The van der Waals surface area contributed by atoms with Crippen molar-refractivity contribution in [3.8, 4) is 0 Å². The number of carbonyl (C=O) groups is 1. The lowest BCUT2D eigenvalue weighted by atomic mass is 10.4. The summed E-state index contributed by atoms with van der Waals surface area (Å²) in [6.45, 7) is 1.60. The van der Waals surface area contributed by atoms with Gasteiger partial charge in [-0.25, -0.2) is 0 Å². The highest BCUT2D eigenvalue weighted by Crippen LogP contribution is 2.11. The topological polar surface area (TPSA) is 45.2 Å². The Labute approximate surface area is 113 Å². The molecule has 18 heavy (non-hydrogen) atoms. The number of likely N-dealkylation sites (N-methyl/N-ethyl adjacent to an activating group) is 2. The molecule has 1 N–H and O–H groups in total. The van der Waals surface area contributed by atoms with E-state index in [1.54, 1.807) is 22.9 Å². The third-order valence-corrected chi connectivity index (χ3v) is 3.55. The first-order chi connectivity index (χ1) is 8.74. The van der Waals surface area contributed by atoms with Crippen LogP contribution in [0.15, 0.2) is 24.4 Å². The van der Waals surface area contributed by atoms with E-state index in [0.29, 0.717) is 6.42 Å². The molecule has 0 saturated carbocycles. The third kappa shape index (κ3) is 6.02. The number of nitrogens with one attached hydrogen (secondary N) is 1. The molecule has 0 atom stereocenters. The van der Waals surface area contributed by atoms with Gasteiger partial charge in [0.25, 0.3) is 0 Å². The Bertz CT molecular complexity index is 345. The van der Waals surface area contributed by atoms with Crippen molar-refractivity contribution in [2.75, 3.05) is 32.9 Å². The van der Waals surface area contributed by atoms with Gasteiger partial charge >= 0.3 is 0 Å². The maximum absolute atomic E-state index is 11.7. The van der Waals surface area contributed by atoms with E-state index in [0.717, 1.165) is 30.3 Å². The molecule has 4 nitrogen and oxygen atoms in total. The molecule has 0 aliphatic carbocycles. The van der Waals surface area contributed by atoms with Gasteiger partial charge in [-0.05, 0) is 19.2 Å². The van der Waals surface area contributed by atoms with Crippen LogP contribution in [0.5, 0.6) is 0 Å². The van der Waals surface area contributed by atoms with Crippen LogP contribution in [0, 0.1) is 0 Å². The summed E-state index contributed by atoms with van der Waals surface area (Å²) >= 11 is 1.75. The minimum Gasteiger partial charge on any atom is -0.344 e. The van der Waals surface area contributed by atoms with Crippen LogP contribution in [0.3, 0.4) is 0 Å². The zero-order valence-electron chi connectivity index (χ0n) is 11.1. The van der Waals surface area contributed by atoms with Gasteiger partial charge in [-0.15, -0.1) is 0 Å². The van der Waals surface area contributed by atoms with Crippen LogP contribution in [0.1, 0.15) is 12.1 Å². The zero-order chi connectivity index (χ0) is 13.2. The number of thioether (sulfide) groups is 1. The van der Waals surface area contributed by atoms with Crippen LogP contribution in [0.25, 0.3) is 0 Å². The minimum atomic E-state index is 0.207. The maximum atomic E-state index is 11.7. The molecule has 0 saturated heterocycles. The average molecular weight is 267 g/mol. The SMILES string of the molecule is CNCCN(C)C(=O)CCSCc1ccccn1. The van der Waals surface area contributed by atoms with Crippen LogP contribution in [0.4, 0.5) is 0 Å². The number of aromatic nitrogens is 1. The largest absolute Gasteiger partial charge is 0.344 e. The van der Waals surface area contributed by atoms with E-state index in [4.69, 9.17) is 0 Å². The van der Waals surface area contributed by atoms with E-state index in [1.165, 1.54) is 0 Å². The molecule has 1 heterocycles. The molecule has 1 rings (SSSR count). The van der Waals surface area contributed by atoms with E-state index in [2.05, 4.69) is 10.3 Å². The lowest BCUT2D eigenvalue weighted by Gasteiger charge is -2.16. The van der Waals surface area contributed by atoms with Crippen molar-refractivity contribution in [3.05, 3.63) is 30.1 Å². The molecular formula is C13H21N3OS. The Kier molecular flexibility index (Phi) is 7.44. The van der Waals surface area contributed by atoms with Crippen molar-refractivity contribution in [3.63, 3.8) is 0 Å². The molecule has 1 aromatic rings. The number of amides is 1. The lowest BCUT2D eigenvalue weighted by molar-refractivity contribution is -0.129.